The Bertz CT molecular complexity index is 646. The SMILES string of the molecule is Cc1cccc(C)c1NCCC(=O)Nc1c(F)cccc1F. The minimum absolute atomic E-state index is 0.113. The zero-order chi connectivity index (χ0) is 16.1. The number of aryl methyl sites for hydroxylation is 2. The second kappa shape index (κ2) is 7.02. The molecule has 0 atom stereocenters. The number of hydrogen-bond acceptors (Lipinski definition) is 2. The summed E-state index contributed by atoms with van der Waals surface area (Å²) in [7, 11) is 0. The molecule has 0 saturated carbocycles. The van der Waals surface area contributed by atoms with Crippen molar-refractivity contribution in [1.29, 1.82) is 0 Å². The van der Waals surface area contributed by atoms with Crippen LogP contribution in [-0.4, -0.2) is 12.5 Å². The van der Waals surface area contributed by atoms with Crippen LogP contribution in [0.4, 0.5) is 20.2 Å². The van der Waals surface area contributed by atoms with Gasteiger partial charge in [0.25, 0.3) is 0 Å². The Kier molecular flexibility index (Phi) is 5.09. The van der Waals surface area contributed by atoms with E-state index in [0.717, 1.165) is 28.9 Å². The van der Waals surface area contributed by atoms with Gasteiger partial charge in [0.15, 0.2) is 0 Å². The van der Waals surface area contributed by atoms with Crippen molar-refractivity contribution in [3.05, 3.63) is 59.2 Å². The maximum absolute atomic E-state index is 13.4. The minimum Gasteiger partial charge on any atom is -0.384 e. The van der Waals surface area contributed by atoms with Gasteiger partial charge in [-0.05, 0) is 37.1 Å². The van der Waals surface area contributed by atoms with Gasteiger partial charge in [-0.1, -0.05) is 24.3 Å². The molecule has 0 aliphatic rings. The van der Waals surface area contributed by atoms with E-state index in [2.05, 4.69) is 10.6 Å². The first kappa shape index (κ1) is 15.9. The average Bonchev–Trinajstić information content (AvgIpc) is 2.46. The van der Waals surface area contributed by atoms with Crippen LogP contribution >= 0.6 is 0 Å². The molecule has 2 aromatic rings. The fraction of sp³-hybridized carbons (Fsp3) is 0.235. The van der Waals surface area contributed by atoms with Gasteiger partial charge < -0.3 is 10.6 Å². The summed E-state index contributed by atoms with van der Waals surface area (Å²) in [5.74, 6) is -2.00. The molecule has 0 heterocycles. The normalized spacial score (nSPS) is 10.4. The van der Waals surface area contributed by atoms with Crippen LogP contribution in [0.5, 0.6) is 0 Å². The van der Waals surface area contributed by atoms with Crippen LogP contribution in [0.15, 0.2) is 36.4 Å². The second-order valence-corrected chi connectivity index (χ2v) is 5.09. The zero-order valence-electron chi connectivity index (χ0n) is 12.5. The number of amides is 1. The van der Waals surface area contributed by atoms with Crippen molar-refractivity contribution < 1.29 is 13.6 Å². The molecule has 0 aliphatic carbocycles. The number of carbonyl (C=O) groups excluding carboxylic acids is 1. The molecule has 0 saturated heterocycles. The highest BCUT2D eigenvalue weighted by molar-refractivity contribution is 5.91. The third-order valence-electron chi connectivity index (χ3n) is 3.36. The van der Waals surface area contributed by atoms with Crippen molar-refractivity contribution in [2.24, 2.45) is 0 Å². The summed E-state index contributed by atoms with van der Waals surface area (Å²) in [5.41, 5.74) is 2.74. The van der Waals surface area contributed by atoms with Crippen LogP contribution in [0.3, 0.4) is 0 Å². The van der Waals surface area contributed by atoms with Crippen molar-refractivity contribution in [3.63, 3.8) is 0 Å². The summed E-state index contributed by atoms with van der Waals surface area (Å²) in [6.07, 6.45) is 0.113. The Morgan fingerprint density at radius 3 is 2.09 bits per heavy atom. The van der Waals surface area contributed by atoms with Crippen molar-refractivity contribution >= 4 is 17.3 Å². The topological polar surface area (TPSA) is 41.1 Å². The monoisotopic (exact) mass is 304 g/mol. The van der Waals surface area contributed by atoms with Crippen molar-refractivity contribution in [3.8, 4) is 0 Å². The lowest BCUT2D eigenvalue weighted by molar-refractivity contribution is -0.116. The number of benzene rings is 2. The minimum atomic E-state index is -0.781. The third-order valence-corrected chi connectivity index (χ3v) is 3.36. The lowest BCUT2D eigenvalue weighted by Gasteiger charge is -2.12. The number of nitrogens with one attached hydrogen (secondary N) is 2. The highest BCUT2D eigenvalue weighted by atomic mass is 19.1. The standard InChI is InChI=1S/C17H18F2N2O/c1-11-5-3-6-12(2)16(11)20-10-9-15(22)21-17-13(18)7-4-8-14(17)19/h3-8,20H,9-10H2,1-2H3,(H,21,22). The molecule has 0 spiro atoms. The fourth-order valence-corrected chi connectivity index (χ4v) is 2.21. The quantitative estimate of drug-likeness (QED) is 0.876. The number of hydrogen-bond donors (Lipinski definition) is 2. The first-order valence-corrected chi connectivity index (χ1v) is 7.03. The molecule has 2 aromatic carbocycles. The average molecular weight is 304 g/mol. The lowest BCUT2D eigenvalue weighted by Crippen LogP contribution is -2.18. The molecule has 0 unspecified atom stereocenters. The predicted octanol–water partition coefficient (Wildman–Crippen LogP) is 4.02. The first-order chi connectivity index (χ1) is 10.5. The summed E-state index contributed by atoms with van der Waals surface area (Å²) in [4.78, 5) is 11.8. The van der Waals surface area contributed by atoms with Crippen LogP contribution in [0.2, 0.25) is 0 Å². The Morgan fingerprint density at radius 2 is 1.50 bits per heavy atom. The van der Waals surface area contributed by atoms with Gasteiger partial charge in [-0.15, -0.1) is 0 Å². The molecule has 116 valence electrons. The smallest absolute Gasteiger partial charge is 0.226 e. The van der Waals surface area contributed by atoms with Gasteiger partial charge in [-0.2, -0.15) is 0 Å². The predicted molar refractivity (Wildman–Crippen MR) is 84.0 cm³/mol. The van der Waals surface area contributed by atoms with Crippen LogP contribution in [0.1, 0.15) is 17.5 Å². The maximum Gasteiger partial charge on any atom is 0.226 e. The molecule has 0 aromatic heterocycles. The van der Waals surface area contributed by atoms with E-state index in [1.165, 1.54) is 6.07 Å². The van der Waals surface area contributed by atoms with Gasteiger partial charge >= 0.3 is 0 Å². The summed E-state index contributed by atoms with van der Waals surface area (Å²) >= 11 is 0. The number of para-hydroxylation sites is 2. The molecule has 3 nitrogen and oxygen atoms in total. The van der Waals surface area contributed by atoms with E-state index in [1.54, 1.807) is 0 Å². The summed E-state index contributed by atoms with van der Waals surface area (Å²) in [5, 5.41) is 5.44. The van der Waals surface area contributed by atoms with Gasteiger partial charge in [0.2, 0.25) is 5.91 Å². The first-order valence-electron chi connectivity index (χ1n) is 7.03. The highest BCUT2D eigenvalue weighted by Crippen LogP contribution is 2.20. The molecular weight excluding hydrogens is 286 g/mol. The molecule has 2 N–H and O–H groups in total. The zero-order valence-corrected chi connectivity index (χ0v) is 12.5. The van der Waals surface area contributed by atoms with Gasteiger partial charge in [-0.25, -0.2) is 8.78 Å². The largest absolute Gasteiger partial charge is 0.384 e. The second-order valence-electron chi connectivity index (χ2n) is 5.09. The van der Waals surface area contributed by atoms with Crippen molar-refractivity contribution in [2.75, 3.05) is 17.2 Å². The van der Waals surface area contributed by atoms with E-state index in [9.17, 15) is 13.6 Å². The van der Waals surface area contributed by atoms with Crippen LogP contribution in [-0.2, 0) is 4.79 Å². The third kappa shape index (κ3) is 3.81. The van der Waals surface area contributed by atoms with E-state index in [0.29, 0.717) is 6.54 Å². The fourth-order valence-electron chi connectivity index (χ4n) is 2.21. The van der Waals surface area contributed by atoms with E-state index >= 15 is 0 Å². The highest BCUT2D eigenvalue weighted by Gasteiger charge is 2.11. The summed E-state index contributed by atoms with van der Waals surface area (Å²) < 4.78 is 26.9. The van der Waals surface area contributed by atoms with Crippen molar-refractivity contribution in [1.82, 2.24) is 0 Å². The number of anilines is 2. The van der Waals surface area contributed by atoms with Crippen LogP contribution in [0.25, 0.3) is 0 Å². The molecule has 0 aliphatic heterocycles. The molecule has 0 bridgehead atoms. The lowest BCUT2D eigenvalue weighted by atomic mass is 10.1. The number of halogens is 2. The molecule has 0 radical (unpaired) electrons. The van der Waals surface area contributed by atoms with Crippen LogP contribution < -0.4 is 10.6 Å². The Balaban J connectivity index is 1.91. The van der Waals surface area contributed by atoms with Gasteiger partial charge in [0, 0.05) is 18.7 Å². The molecule has 5 heteroatoms. The van der Waals surface area contributed by atoms with Gasteiger partial charge in [0.1, 0.15) is 17.3 Å². The van der Waals surface area contributed by atoms with E-state index in [1.807, 2.05) is 32.0 Å². The Labute approximate surface area is 128 Å². The summed E-state index contributed by atoms with van der Waals surface area (Å²) in [6, 6.07) is 9.38. The number of rotatable bonds is 5. The molecule has 1 amide bonds. The Morgan fingerprint density at radius 1 is 0.955 bits per heavy atom. The van der Waals surface area contributed by atoms with Gasteiger partial charge in [-0.3, -0.25) is 4.79 Å². The van der Waals surface area contributed by atoms with Crippen molar-refractivity contribution in [2.45, 2.75) is 20.3 Å². The van der Waals surface area contributed by atoms with Crippen LogP contribution in [0, 0.1) is 25.5 Å². The van der Waals surface area contributed by atoms with E-state index in [-0.39, 0.29) is 6.42 Å². The Hall–Kier alpha value is -2.43. The van der Waals surface area contributed by atoms with E-state index < -0.39 is 23.2 Å². The molecule has 22 heavy (non-hydrogen) atoms. The summed E-state index contributed by atoms with van der Waals surface area (Å²) in [6.45, 7) is 4.34. The van der Waals surface area contributed by atoms with E-state index in [4.69, 9.17) is 0 Å². The maximum atomic E-state index is 13.4. The number of carbonyl (C=O) groups is 1. The molecular formula is C17H18F2N2O. The van der Waals surface area contributed by atoms with Gasteiger partial charge in [0.05, 0.1) is 0 Å². The molecule has 0 fully saturated rings. The molecule has 2 rings (SSSR count).